The molecular weight excluding hydrogens is 156 g/mol. The quantitative estimate of drug-likeness (QED) is 0.636. The third-order valence-corrected chi connectivity index (χ3v) is 1.24. The number of Topliss-reactive ketones (excluding diaryl/α,β-unsaturated/α-hetero) is 1. The van der Waals surface area contributed by atoms with Gasteiger partial charge in [0.2, 0.25) is 5.78 Å². The number of hydrogen-bond donors (Lipinski definition) is 1. The minimum atomic E-state index is -0.488. The van der Waals surface area contributed by atoms with Crippen molar-refractivity contribution < 1.29 is 9.59 Å². The van der Waals surface area contributed by atoms with Gasteiger partial charge >= 0.3 is 0 Å². The molecule has 12 heavy (non-hydrogen) atoms. The zero-order valence-electron chi connectivity index (χ0n) is 8.39. The van der Waals surface area contributed by atoms with Gasteiger partial charge in [0.05, 0.1) is 0 Å². The Morgan fingerprint density at radius 3 is 2.00 bits per heavy atom. The number of hydrogen-bond acceptors (Lipinski definition) is 2. The highest BCUT2D eigenvalue weighted by Gasteiger charge is 2.21. The Morgan fingerprint density at radius 2 is 1.75 bits per heavy atom. The van der Waals surface area contributed by atoms with Gasteiger partial charge in [-0.2, -0.15) is 0 Å². The second kappa shape index (κ2) is 3.70. The first-order valence-electron chi connectivity index (χ1n) is 4.10. The largest absolute Gasteiger partial charge is 0.345 e. The van der Waals surface area contributed by atoms with Gasteiger partial charge in [-0.3, -0.25) is 9.59 Å². The van der Waals surface area contributed by atoms with Crippen molar-refractivity contribution in [2.24, 2.45) is 5.92 Å². The maximum atomic E-state index is 11.1. The molecule has 1 amide bonds. The molecule has 1 N–H and O–H groups in total. The molecule has 0 aliphatic carbocycles. The van der Waals surface area contributed by atoms with E-state index < -0.39 is 5.91 Å². The van der Waals surface area contributed by atoms with Gasteiger partial charge in [0.15, 0.2) is 0 Å². The second-order valence-corrected chi connectivity index (χ2v) is 4.22. The van der Waals surface area contributed by atoms with Crippen molar-refractivity contribution in [1.82, 2.24) is 5.32 Å². The zero-order chi connectivity index (χ0) is 9.94. The van der Waals surface area contributed by atoms with E-state index in [2.05, 4.69) is 5.32 Å². The molecular formula is C9H17NO2. The number of rotatable bonds is 2. The van der Waals surface area contributed by atoms with E-state index in [1.54, 1.807) is 13.8 Å². The number of nitrogens with one attached hydrogen (secondary N) is 1. The Morgan fingerprint density at radius 1 is 1.33 bits per heavy atom. The van der Waals surface area contributed by atoms with Crippen molar-refractivity contribution >= 4 is 11.7 Å². The molecule has 0 heterocycles. The van der Waals surface area contributed by atoms with E-state index in [0.717, 1.165) is 0 Å². The molecule has 0 bridgehead atoms. The fourth-order valence-corrected chi connectivity index (χ4v) is 0.664. The first kappa shape index (κ1) is 11.1. The van der Waals surface area contributed by atoms with Crippen LogP contribution in [-0.2, 0) is 9.59 Å². The van der Waals surface area contributed by atoms with Crippen LogP contribution in [-0.4, -0.2) is 17.2 Å². The molecule has 0 aliphatic heterocycles. The molecule has 3 nitrogen and oxygen atoms in total. The van der Waals surface area contributed by atoms with Crippen LogP contribution in [0.15, 0.2) is 0 Å². The molecule has 0 radical (unpaired) electrons. The molecule has 3 heteroatoms. The lowest BCUT2D eigenvalue weighted by atomic mass is 10.1. The van der Waals surface area contributed by atoms with Crippen LogP contribution in [0.2, 0.25) is 0 Å². The van der Waals surface area contributed by atoms with E-state index in [0.29, 0.717) is 0 Å². The molecule has 0 unspecified atom stereocenters. The molecule has 0 fully saturated rings. The predicted octanol–water partition coefficient (Wildman–Crippen LogP) is 1.13. The van der Waals surface area contributed by atoms with Crippen LogP contribution < -0.4 is 5.32 Å². The smallest absolute Gasteiger partial charge is 0.288 e. The summed E-state index contributed by atoms with van der Waals surface area (Å²) in [5, 5.41) is 2.61. The average Bonchev–Trinajstić information content (AvgIpc) is 1.82. The number of amides is 1. The second-order valence-electron chi connectivity index (χ2n) is 4.22. The van der Waals surface area contributed by atoms with E-state index >= 15 is 0 Å². The molecule has 0 spiro atoms. The zero-order valence-corrected chi connectivity index (χ0v) is 8.39. The van der Waals surface area contributed by atoms with Crippen LogP contribution in [0, 0.1) is 5.92 Å². The first-order valence-corrected chi connectivity index (χ1v) is 4.10. The van der Waals surface area contributed by atoms with Gasteiger partial charge in [0.1, 0.15) is 0 Å². The van der Waals surface area contributed by atoms with Crippen molar-refractivity contribution in [3.63, 3.8) is 0 Å². The van der Waals surface area contributed by atoms with Gasteiger partial charge in [0, 0.05) is 11.5 Å². The summed E-state index contributed by atoms with van der Waals surface area (Å²) in [5.74, 6) is -1.07. The molecule has 0 rings (SSSR count). The van der Waals surface area contributed by atoms with Gasteiger partial charge in [0.25, 0.3) is 5.91 Å². The minimum absolute atomic E-state index is 0.229. The van der Waals surface area contributed by atoms with Gasteiger partial charge < -0.3 is 5.32 Å². The molecule has 0 atom stereocenters. The van der Waals surface area contributed by atoms with E-state index in [4.69, 9.17) is 0 Å². The first-order chi connectivity index (χ1) is 5.24. The number of ketones is 1. The van der Waals surface area contributed by atoms with Crippen LogP contribution >= 0.6 is 0 Å². The number of carbonyl (C=O) groups is 2. The van der Waals surface area contributed by atoms with E-state index in [-0.39, 0.29) is 17.2 Å². The van der Waals surface area contributed by atoms with Crippen LogP contribution in [0.5, 0.6) is 0 Å². The Kier molecular flexibility index (Phi) is 3.43. The van der Waals surface area contributed by atoms with Crippen LogP contribution in [0.1, 0.15) is 34.6 Å². The van der Waals surface area contributed by atoms with Gasteiger partial charge in [-0.05, 0) is 20.8 Å². The summed E-state index contributed by atoms with van der Waals surface area (Å²) in [5.41, 5.74) is -0.332. The lowest BCUT2D eigenvalue weighted by Crippen LogP contribution is -2.45. The van der Waals surface area contributed by atoms with Crippen LogP contribution in [0.4, 0.5) is 0 Å². The summed E-state index contributed by atoms with van der Waals surface area (Å²) in [4.78, 5) is 22.2. The molecule has 0 saturated carbocycles. The summed E-state index contributed by atoms with van der Waals surface area (Å²) < 4.78 is 0. The van der Waals surface area contributed by atoms with Gasteiger partial charge in [-0.1, -0.05) is 13.8 Å². The topological polar surface area (TPSA) is 46.2 Å². The molecule has 0 aromatic rings. The standard InChI is InChI=1S/C9H17NO2/c1-6(2)7(11)8(12)10-9(3,4)5/h6H,1-5H3,(H,10,12)/i7+2. The van der Waals surface area contributed by atoms with Crippen molar-refractivity contribution in [3.8, 4) is 0 Å². The normalized spacial score (nSPS) is 11.5. The summed E-state index contributed by atoms with van der Waals surface area (Å²) in [6, 6.07) is 0. The van der Waals surface area contributed by atoms with Crippen LogP contribution in [0.3, 0.4) is 0 Å². The highest BCUT2D eigenvalue weighted by molar-refractivity contribution is 6.36. The Bertz CT molecular complexity index is 189. The summed E-state index contributed by atoms with van der Waals surface area (Å²) >= 11 is 0. The van der Waals surface area contributed by atoms with Crippen molar-refractivity contribution in [1.29, 1.82) is 0 Å². The molecule has 0 aliphatic rings. The van der Waals surface area contributed by atoms with E-state index in [1.807, 2.05) is 20.8 Å². The highest BCUT2D eigenvalue weighted by Crippen LogP contribution is 2.01. The van der Waals surface area contributed by atoms with Crippen molar-refractivity contribution in [2.75, 3.05) is 0 Å². The molecule has 0 aromatic heterocycles. The Balaban J connectivity index is 4.15. The summed E-state index contributed by atoms with van der Waals surface area (Å²) in [6.07, 6.45) is 0. The molecule has 70 valence electrons. The molecule has 0 saturated heterocycles. The third-order valence-electron chi connectivity index (χ3n) is 1.24. The van der Waals surface area contributed by atoms with Crippen LogP contribution in [0.25, 0.3) is 0 Å². The highest BCUT2D eigenvalue weighted by atomic mass is 16.3. The fourth-order valence-electron chi connectivity index (χ4n) is 0.664. The van der Waals surface area contributed by atoms with Gasteiger partial charge in [-0.15, -0.1) is 0 Å². The lowest BCUT2D eigenvalue weighted by molar-refractivity contribution is -0.140. The Hall–Kier alpha value is -0.860. The minimum Gasteiger partial charge on any atom is -0.345 e. The fraction of sp³-hybridized carbons (Fsp3) is 0.778. The lowest BCUT2D eigenvalue weighted by Gasteiger charge is -2.20. The maximum Gasteiger partial charge on any atom is 0.288 e. The van der Waals surface area contributed by atoms with Gasteiger partial charge in [-0.25, -0.2) is 0 Å². The summed E-state index contributed by atoms with van der Waals surface area (Å²) in [7, 11) is 0. The van der Waals surface area contributed by atoms with Crippen molar-refractivity contribution in [2.45, 2.75) is 40.2 Å². The monoisotopic (exact) mass is 173 g/mol. The number of carbonyl (C=O) groups excluding carboxylic acids is 2. The average molecular weight is 173 g/mol. The summed E-state index contributed by atoms with van der Waals surface area (Å²) in [6.45, 7) is 8.96. The third kappa shape index (κ3) is 4.11. The maximum absolute atomic E-state index is 11.1. The molecule has 0 aromatic carbocycles. The van der Waals surface area contributed by atoms with Crippen molar-refractivity contribution in [3.05, 3.63) is 0 Å². The Labute approximate surface area is 73.5 Å². The van der Waals surface area contributed by atoms with E-state index in [9.17, 15) is 9.59 Å². The predicted molar refractivity (Wildman–Crippen MR) is 47.7 cm³/mol. The SMILES string of the molecule is CC(C)[14C](=O)C(=O)NC(C)(C)C. The van der Waals surface area contributed by atoms with E-state index in [1.165, 1.54) is 0 Å².